The third kappa shape index (κ3) is 3.75. The van der Waals surface area contributed by atoms with E-state index < -0.39 is 0 Å². The number of fused-ring (bicyclic) bond motifs is 2. The van der Waals surface area contributed by atoms with Crippen molar-refractivity contribution in [1.29, 1.82) is 0 Å². The van der Waals surface area contributed by atoms with Crippen molar-refractivity contribution in [2.45, 2.75) is 26.4 Å². The summed E-state index contributed by atoms with van der Waals surface area (Å²) in [5, 5.41) is 1.82. The summed E-state index contributed by atoms with van der Waals surface area (Å²) in [5.41, 5.74) is 5.34. The zero-order chi connectivity index (χ0) is 21.5. The Labute approximate surface area is 185 Å². The number of H-pyrrole nitrogens is 1. The molecule has 5 rings (SSSR count). The molecule has 2 aromatic heterocycles. The Bertz CT molecular complexity index is 1320. The largest absolute Gasteiger partial charge is 0.490 e. The Morgan fingerprint density at radius 2 is 2.03 bits per heavy atom. The van der Waals surface area contributed by atoms with Gasteiger partial charge in [-0.2, -0.15) is 0 Å². The number of benzene rings is 2. The lowest BCUT2D eigenvalue weighted by atomic mass is 10.0. The Morgan fingerprint density at radius 1 is 1.16 bits per heavy atom. The third-order valence-corrected chi connectivity index (χ3v) is 6.31. The topological polar surface area (TPSA) is 50.3 Å². The number of nitrogens with zero attached hydrogens (tertiary/aromatic N) is 2. The van der Waals surface area contributed by atoms with E-state index in [0.29, 0.717) is 18.2 Å². The van der Waals surface area contributed by atoms with E-state index in [1.165, 1.54) is 10.9 Å². The van der Waals surface area contributed by atoms with Crippen molar-refractivity contribution in [3.8, 4) is 11.4 Å². The molecule has 0 bridgehead atoms. The van der Waals surface area contributed by atoms with Crippen LogP contribution >= 0.6 is 11.6 Å². The van der Waals surface area contributed by atoms with Gasteiger partial charge in [0, 0.05) is 54.2 Å². The number of rotatable bonds is 3. The van der Waals surface area contributed by atoms with Crippen LogP contribution in [0.2, 0.25) is 5.02 Å². The molecule has 0 unspecified atom stereocenters. The van der Waals surface area contributed by atoms with Gasteiger partial charge in [-0.1, -0.05) is 23.2 Å². The lowest BCUT2D eigenvalue weighted by molar-refractivity contribution is 0.183. The summed E-state index contributed by atoms with van der Waals surface area (Å²) in [6, 6.07) is 16.4. The highest BCUT2D eigenvalue weighted by molar-refractivity contribution is 6.32. The van der Waals surface area contributed by atoms with Crippen LogP contribution in [0.3, 0.4) is 0 Å². The van der Waals surface area contributed by atoms with Gasteiger partial charge < -0.3 is 14.3 Å². The molecular formula is C25H24ClN3O2. The van der Waals surface area contributed by atoms with Gasteiger partial charge in [0.2, 0.25) is 5.56 Å². The van der Waals surface area contributed by atoms with Gasteiger partial charge in [0.05, 0.1) is 10.5 Å². The molecule has 1 atom stereocenters. The van der Waals surface area contributed by atoms with Crippen molar-refractivity contribution < 1.29 is 4.74 Å². The smallest absolute Gasteiger partial charge is 0.248 e. The Hall–Kier alpha value is -3.02. The molecule has 6 heteroatoms. The fourth-order valence-electron chi connectivity index (χ4n) is 4.38. The van der Waals surface area contributed by atoms with E-state index in [2.05, 4.69) is 64.8 Å². The van der Waals surface area contributed by atoms with Crippen molar-refractivity contribution in [1.82, 2.24) is 14.5 Å². The fourth-order valence-corrected chi connectivity index (χ4v) is 4.66. The van der Waals surface area contributed by atoms with Gasteiger partial charge in [0.1, 0.15) is 12.4 Å². The average molecular weight is 434 g/mol. The standard InChI is InChI=1S/C25H24ClN3O2/c1-16-3-4-23-19(11-16)6-8-29(23)20-13-21-17(2)28(9-10-31-25(21)22(26)14-20)15-18-5-7-27-24(30)12-18/h3-8,11-14,17H,9-10,15H2,1-2H3,(H,27,30)/t17-/m0/s1. The molecular weight excluding hydrogens is 410 g/mol. The average Bonchev–Trinajstić information content (AvgIpc) is 3.09. The predicted octanol–water partition coefficient (Wildman–Crippen LogP) is 5.24. The first-order valence-electron chi connectivity index (χ1n) is 10.5. The van der Waals surface area contributed by atoms with E-state index in [9.17, 15) is 4.79 Å². The van der Waals surface area contributed by atoms with Crippen LogP contribution in [-0.2, 0) is 6.54 Å². The summed E-state index contributed by atoms with van der Waals surface area (Å²) in [6.45, 7) is 6.23. The number of aryl methyl sites for hydroxylation is 1. The minimum absolute atomic E-state index is 0.0818. The number of ether oxygens (including phenoxy) is 1. The highest BCUT2D eigenvalue weighted by Gasteiger charge is 2.26. The maximum absolute atomic E-state index is 11.7. The van der Waals surface area contributed by atoms with Crippen molar-refractivity contribution in [3.05, 3.63) is 93.0 Å². The molecule has 158 valence electrons. The Balaban J connectivity index is 1.55. The second-order valence-corrected chi connectivity index (χ2v) is 8.56. The highest BCUT2D eigenvalue weighted by Crippen LogP contribution is 2.40. The monoisotopic (exact) mass is 433 g/mol. The second-order valence-electron chi connectivity index (χ2n) is 8.15. The molecule has 4 aromatic rings. The minimum atomic E-state index is -0.0864. The Morgan fingerprint density at radius 3 is 2.87 bits per heavy atom. The molecule has 2 aromatic carbocycles. The number of hydrogen-bond acceptors (Lipinski definition) is 3. The van der Waals surface area contributed by atoms with Crippen LogP contribution in [0.1, 0.15) is 29.7 Å². The molecule has 0 saturated heterocycles. The molecule has 3 heterocycles. The number of pyridine rings is 1. The van der Waals surface area contributed by atoms with Gasteiger partial charge in [0.15, 0.2) is 0 Å². The zero-order valence-electron chi connectivity index (χ0n) is 17.6. The molecule has 5 nitrogen and oxygen atoms in total. The minimum Gasteiger partial charge on any atom is -0.490 e. The van der Waals surface area contributed by atoms with E-state index in [-0.39, 0.29) is 11.6 Å². The first kappa shape index (κ1) is 19.9. The maximum atomic E-state index is 11.7. The predicted molar refractivity (Wildman–Crippen MR) is 124 cm³/mol. The molecule has 1 N–H and O–H groups in total. The number of nitrogens with one attached hydrogen (secondary N) is 1. The van der Waals surface area contributed by atoms with E-state index in [1.54, 1.807) is 12.3 Å². The van der Waals surface area contributed by atoms with Gasteiger partial charge in [-0.3, -0.25) is 9.69 Å². The molecule has 0 fully saturated rings. The van der Waals surface area contributed by atoms with Crippen LogP contribution in [0.5, 0.6) is 5.75 Å². The van der Waals surface area contributed by atoms with Gasteiger partial charge in [-0.15, -0.1) is 0 Å². The van der Waals surface area contributed by atoms with E-state index in [0.717, 1.165) is 34.6 Å². The zero-order valence-corrected chi connectivity index (χ0v) is 18.3. The van der Waals surface area contributed by atoms with Crippen LogP contribution < -0.4 is 10.3 Å². The summed E-state index contributed by atoms with van der Waals surface area (Å²) in [4.78, 5) is 16.7. The number of aromatic amines is 1. The van der Waals surface area contributed by atoms with Crippen molar-refractivity contribution >= 4 is 22.5 Å². The van der Waals surface area contributed by atoms with Crippen molar-refractivity contribution in [3.63, 3.8) is 0 Å². The fraction of sp³-hybridized carbons (Fsp3) is 0.240. The van der Waals surface area contributed by atoms with Gasteiger partial charge in [-0.05, 0) is 55.8 Å². The van der Waals surface area contributed by atoms with Crippen LogP contribution in [0.4, 0.5) is 0 Å². The molecule has 0 radical (unpaired) electrons. The van der Waals surface area contributed by atoms with Crippen LogP contribution in [0, 0.1) is 6.92 Å². The summed E-state index contributed by atoms with van der Waals surface area (Å²) in [5.74, 6) is 0.749. The summed E-state index contributed by atoms with van der Waals surface area (Å²) in [7, 11) is 0. The first-order chi connectivity index (χ1) is 15.0. The van der Waals surface area contributed by atoms with Crippen molar-refractivity contribution in [2.75, 3.05) is 13.2 Å². The highest BCUT2D eigenvalue weighted by atomic mass is 35.5. The summed E-state index contributed by atoms with van der Waals surface area (Å²) >= 11 is 6.70. The molecule has 0 spiro atoms. The molecule has 0 amide bonds. The lowest BCUT2D eigenvalue weighted by Gasteiger charge is -2.27. The molecule has 0 saturated carbocycles. The normalized spacial score (nSPS) is 16.7. The SMILES string of the molecule is Cc1ccc2c(ccn2-c2cc(Cl)c3c(c2)[C@H](C)N(Cc2cc[nH]c(=O)c2)CCO3)c1. The second kappa shape index (κ2) is 7.91. The molecule has 0 aliphatic carbocycles. The molecule has 31 heavy (non-hydrogen) atoms. The van der Waals surface area contributed by atoms with Crippen LogP contribution in [-0.4, -0.2) is 27.6 Å². The van der Waals surface area contributed by atoms with Crippen LogP contribution in [0.25, 0.3) is 16.6 Å². The number of halogens is 1. The maximum Gasteiger partial charge on any atom is 0.248 e. The van der Waals surface area contributed by atoms with Crippen LogP contribution in [0.15, 0.2) is 65.7 Å². The first-order valence-corrected chi connectivity index (χ1v) is 10.8. The van der Waals surface area contributed by atoms with Gasteiger partial charge >= 0.3 is 0 Å². The Kier molecular flexibility index (Phi) is 5.08. The molecule has 1 aliphatic heterocycles. The number of aromatic nitrogens is 2. The number of hydrogen-bond donors (Lipinski definition) is 1. The van der Waals surface area contributed by atoms with Gasteiger partial charge in [-0.25, -0.2) is 0 Å². The van der Waals surface area contributed by atoms with E-state index in [1.807, 2.05) is 12.1 Å². The lowest BCUT2D eigenvalue weighted by Crippen LogP contribution is -2.29. The summed E-state index contributed by atoms with van der Waals surface area (Å²) < 4.78 is 8.23. The van der Waals surface area contributed by atoms with E-state index >= 15 is 0 Å². The van der Waals surface area contributed by atoms with E-state index in [4.69, 9.17) is 16.3 Å². The third-order valence-electron chi connectivity index (χ3n) is 6.03. The quantitative estimate of drug-likeness (QED) is 0.481. The summed E-state index contributed by atoms with van der Waals surface area (Å²) in [6.07, 6.45) is 3.77. The van der Waals surface area contributed by atoms with Crippen molar-refractivity contribution in [2.24, 2.45) is 0 Å². The molecule has 1 aliphatic rings. The van der Waals surface area contributed by atoms with Gasteiger partial charge in [0.25, 0.3) is 0 Å².